The monoisotopic (exact) mass is 298 g/mol. The molecule has 3 aromatic heterocycles. The number of fused-ring (bicyclic) bond motifs is 1. The maximum atomic E-state index is 12.4. The molecule has 1 aliphatic rings. The van der Waals surface area contributed by atoms with E-state index in [1.165, 1.54) is 6.20 Å². The average Bonchev–Trinajstić information content (AvgIpc) is 3.25. The lowest BCUT2D eigenvalue weighted by Gasteiger charge is -2.14. The molecular weight excluding hydrogens is 284 g/mol. The number of rotatable bonds is 3. The normalized spacial score (nSPS) is 13.6. The van der Waals surface area contributed by atoms with E-state index in [4.69, 9.17) is 4.52 Å². The summed E-state index contributed by atoms with van der Waals surface area (Å²) in [5.41, 5.74) is 3.08. The van der Waals surface area contributed by atoms with Gasteiger partial charge in [-0.25, -0.2) is 0 Å². The highest BCUT2D eigenvalue weighted by atomic mass is 16.5. The summed E-state index contributed by atoms with van der Waals surface area (Å²) in [6.45, 7) is 1.65. The Morgan fingerprint density at radius 1 is 1.36 bits per heavy atom. The number of aromatic nitrogens is 5. The molecule has 0 spiro atoms. The van der Waals surface area contributed by atoms with Gasteiger partial charge in [-0.2, -0.15) is 10.2 Å². The number of carbonyl (C=O) groups excluding carboxylic acids is 1. The van der Waals surface area contributed by atoms with Crippen LogP contribution in [-0.2, 0) is 26.7 Å². The Hall–Kier alpha value is -2.90. The second kappa shape index (κ2) is 4.83. The number of amides is 1. The van der Waals surface area contributed by atoms with Gasteiger partial charge in [0.25, 0.3) is 5.91 Å². The molecule has 22 heavy (non-hydrogen) atoms. The summed E-state index contributed by atoms with van der Waals surface area (Å²) >= 11 is 0. The van der Waals surface area contributed by atoms with Crippen LogP contribution >= 0.6 is 0 Å². The Bertz CT molecular complexity index is 803. The van der Waals surface area contributed by atoms with Crippen molar-refractivity contribution < 1.29 is 9.32 Å². The zero-order chi connectivity index (χ0) is 15.1. The van der Waals surface area contributed by atoms with Crippen LogP contribution in [0, 0.1) is 0 Å². The van der Waals surface area contributed by atoms with E-state index < -0.39 is 0 Å². The summed E-state index contributed by atoms with van der Waals surface area (Å²) in [5, 5.41) is 12.3. The number of nitrogens with zero attached hydrogens (tertiary/aromatic N) is 6. The zero-order valence-corrected chi connectivity index (χ0v) is 12.0. The first-order valence-corrected chi connectivity index (χ1v) is 6.93. The van der Waals surface area contributed by atoms with Gasteiger partial charge in [0.15, 0.2) is 0 Å². The van der Waals surface area contributed by atoms with Crippen LogP contribution in [0.3, 0.4) is 0 Å². The molecule has 0 aromatic carbocycles. The fourth-order valence-electron chi connectivity index (χ4n) is 2.77. The molecule has 1 amide bonds. The quantitative estimate of drug-likeness (QED) is 0.714. The van der Waals surface area contributed by atoms with E-state index in [0.29, 0.717) is 19.6 Å². The fraction of sp³-hybridized carbons (Fsp3) is 0.286. The molecule has 0 N–H and O–H groups in total. The van der Waals surface area contributed by atoms with Gasteiger partial charge in [0, 0.05) is 31.1 Å². The lowest BCUT2D eigenvalue weighted by atomic mass is 10.2. The molecule has 4 rings (SSSR count). The number of aryl methyl sites for hydroxylation is 1. The first-order valence-electron chi connectivity index (χ1n) is 6.93. The Morgan fingerprint density at radius 2 is 2.27 bits per heavy atom. The molecule has 0 aliphatic carbocycles. The third kappa shape index (κ3) is 2.00. The van der Waals surface area contributed by atoms with Gasteiger partial charge >= 0.3 is 0 Å². The van der Waals surface area contributed by atoms with Crippen molar-refractivity contribution in [3.8, 4) is 0 Å². The molecule has 0 bridgehead atoms. The van der Waals surface area contributed by atoms with Crippen molar-refractivity contribution >= 4 is 5.91 Å². The van der Waals surface area contributed by atoms with Gasteiger partial charge in [0.2, 0.25) is 5.76 Å². The highest BCUT2D eigenvalue weighted by Crippen LogP contribution is 2.27. The highest BCUT2D eigenvalue weighted by molar-refractivity contribution is 5.91. The maximum absolute atomic E-state index is 12.4. The smallest absolute Gasteiger partial charge is 0.293 e. The van der Waals surface area contributed by atoms with Crippen molar-refractivity contribution in [2.24, 2.45) is 7.05 Å². The second-order valence-electron chi connectivity index (χ2n) is 5.24. The molecule has 3 aromatic rings. The van der Waals surface area contributed by atoms with Gasteiger partial charge in [-0.15, -0.1) is 0 Å². The number of hydrogen-bond donors (Lipinski definition) is 0. The standard InChI is InChI=1S/C14H14N6O2/c1-18-12-9-19(14(21)13-3-5-16-22-13)7-10(12)11(17-18)8-20-6-2-4-15-20/h2-6H,7-9H2,1H3. The van der Waals surface area contributed by atoms with Crippen molar-refractivity contribution in [2.45, 2.75) is 19.6 Å². The topological polar surface area (TPSA) is 82.0 Å². The zero-order valence-electron chi connectivity index (χ0n) is 12.0. The minimum atomic E-state index is -0.154. The van der Waals surface area contributed by atoms with Gasteiger partial charge in [-0.05, 0) is 6.07 Å². The summed E-state index contributed by atoms with van der Waals surface area (Å²) in [6, 6.07) is 3.46. The Balaban J connectivity index is 1.60. The van der Waals surface area contributed by atoms with Crippen LogP contribution in [-0.4, -0.2) is 35.5 Å². The van der Waals surface area contributed by atoms with Gasteiger partial charge in [-0.1, -0.05) is 5.16 Å². The summed E-state index contributed by atoms with van der Waals surface area (Å²) in [6.07, 6.45) is 5.11. The molecule has 0 saturated carbocycles. The number of carbonyl (C=O) groups is 1. The van der Waals surface area contributed by atoms with Crippen LogP contribution in [0.2, 0.25) is 0 Å². The van der Waals surface area contributed by atoms with E-state index >= 15 is 0 Å². The van der Waals surface area contributed by atoms with Gasteiger partial charge in [-0.3, -0.25) is 14.2 Å². The van der Waals surface area contributed by atoms with Crippen molar-refractivity contribution in [1.82, 2.24) is 29.6 Å². The fourth-order valence-corrected chi connectivity index (χ4v) is 2.77. The minimum absolute atomic E-state index is 0.154. The van der Waals surface area contributed by atoms with Crippen molar-refractivity contribution in [3.05, 3.63) is 53.4 Å². The van der Waals surface area contributed by atoms with E-state index in [9.17, 15) is 4.79 Å². The predicted octanol–water partition coefficient (Wildman–Crippen LogP) is 0.809. The Kier molecular flexibility index (Phi) is 2.81. The summed E-state index contributed by atoms with van der Waals surface area (Å²) in [7, 11) is 1.90. The molecular formula is C14H14N6O2. The molecule has 0 unspecified atom stereocenters. The third-order valence-corrected chi connectivity index (χ3v) is 3.85. The van der Waals surface area contributed by atoms with Crippen LogP contribution in [0.25, 0.3) is 0 Å². The van der Waals surface area contributed by atoms with Crippen LogP contribution in [0.1, 0.15) is 27.5 Å². The van der Waals surface area contributed by atoms with Crippen LogP contribution in [0.5, 0.6) is 0 Å². The maximum Gasteiger partial charge on any atom is 0.293 e. The summed E-state index contributed by atoms with van der Waals surface area (Å²) in [5.74, 6) is 0.105. The van der Waals surface area contributed by atoms with Crippen molar-refractivity contribution in [3.63, 3.8) is 0 Å². The van der Waals surface area contributed by atoms with E-state index in [1.54, 1.807) is 17.2 Å². The van der Waals surface area contributed by atoms with Crippen LogP contribution < -0.4 is 0 Å². The molecule has 0 radical (unpaired) electrons. The van der Waals surface area contributed by atoms with Gasteiger partial charge in [0.1, 0.15) is 0 Å². The molecule has 1 aliphatic heterocycles. The summed E-state index contributed by atoms with van der Waals surface area (Å²) in [4.78, 5) is 14.1. The van der Waals surface area contributed by atoms with Crippen LogP contribution in [0.4, 0.5) is 0 Å². The first kappa shape index (κ1) is 12.8. The van der Waals surface area contributed by atoms with Gasteiger partial charge < -0.3 is 9.42 Å². The molecule has 0 atom stereocenters. The minimum Gasteiger partial charge on any atom is -0.351 e. The lowest BCUT2D eigenvalue weighted by Crippen LogP contribution is -2.26. The highest BCUT2D eigenvalue weighted by Gasteiger charge is 2.31. The molecule has 112 valence electrons. The van der Waals surface area contributed by atoms with Crippen molar-refractivity contribution in [1.29, 1.82) is 0 Å². The molecule has 8 nitrogen and oxygen atoms in total. The molecule has 0 fully saturated rings. The molecule has 4 heterocycles. The van der Waals surface area contributed by atoms with E-state index in [1.807, 2.05) is 28.7 Å². The van der Waals surface area contributed by atoms with E-state index in [0.717, 1.165) is 17.0 Å². The molecule has 0 saturated heterocycles. The van der Waals surface area contributed by atoms with E-state index in [2.05, 4.69) is 15.4 Å². The number of hydrogen-bond acceptors (Lipinski definition) is 5. The van der Waals surface area contributed by atoms with Crippen molar-refractivity contribution in [2.75, 3.05) is 0 Å². The Labute approximate surface area is 125 Å². The van der Waals surface area contributed by atoms with E-state index in [-0.39, 0.29) is 11.7 Å². The SMILES string of the molecule is Cn1nc(Cn2cccn2)c2c1CN(C(=O)c1ccno1)C2. The Morgan fingerprint density at radius 3 is 3.00 bits per heavy atom. The second-order valence-corrected chi connectivity index (χ2v) is 5.24. The van der Waals surface area contributed by atoms with Crippen LogP contribution in [0.15, 0.2) is 35.2 Å². The molecule has 8 heteroatoms. The summed E-state index contributed by atoms with van der Waals surface area (Å²) < 4.78 is 8.61. The first-order chi connectivity index (χ1) is 10.7. The largest absolute Gasteiger partial charge is 0.351 e. The average molecular weight is 298 g/mol. The predicted molar refractivity (Wildman–Crippen MR) is 74.6 cm³/mol. The van der Waals surface area contributed by atoms with Gasteiger partial charge in [0.05, 0.1) is 37.2 Å². The lowest BCUT2D eigenvalue weighted by molar-refractivity contribution is 0.0706. The third-order valence-electron chi connectivity index (χ3n) is 3.85.